The Morgan fingerprint density at radius 3 is 2.51 bits per heavy atom. The molecule has 0 amide bonds. The van der Waals surface area contributed by atoms with Gasteiger partial charge >= 0.3 is 5.92 Å². The van der Waals surface area contributed by atoms with E-state index in [4.69, 9.17) is 21.6 Å². The van der Waals surface area contributed by atoms with E-state index in [1.165, 1.54) is 12.1 Å². The number of methoxy groups -OCH3 is 1. The van der Waals surface area contributed by atoms with Crippen molar-refractivity contribution in [3.05, 3.63) is 52.8 Å². The highest BCUT2D eigenvalue weighted by Gasteiger charge is 2.47. The zero-order valence-electron chi connectivity index (χ0n) is 20.4. The molecule has 0 aliphatic heterocycles. The van der Waals surface area contributed by atoms with Crippen LogP contribution in [0.25, 0.3) is 10.9 Å². The summed E-state index contributed by atoms with van der Waals surface area (Å²) in [5.41, 5.74) is 5.13. The maximum atomic E-state index is 14.8. The molecule has 0 bridgehead atoms. The molecule has 0 spiro atoms. The van der Waals surface area contributed by atoms with Gasteiger partial charge in [0.05, 0.1) is 23.7 Å². The van der Waals surface area contributed by atoms with Gasteiger partial charge in [0.2, 0.25) is 0 Å². The van der Waals surface area contributed by atoms with E-state index in [1.54, 1.807) is 39.2 Å². The number of nitrogens with zero attached hydrogens (tertiary/aromatic N) is 2. The number of ether oxygens (including phenoxy) is 2. The van der Waals surface area contributed by atoms with Gasteiger partial charge in [-0.15, -0.1) is 6.42 Å². The molecule has 0 saturated carbocycles. The lowest BCUT2D eigenvalue weighted by Crippen LogP contribution is -2.40. The second-order valence-electron chi connectivity index (χ2n) is 8.86. The molecule has 4 N–H and O–H groups in total. The predicted molar refractivity (Wildman–Crippen MR) is 133 cm³/mol. The third-order valence-corrected chi connectivity index (χ3v) is 5.57. The maximum Gasteiger partial charge on any atom is 0.300 e. The zero-order chi connectivity index (χ0) is 26.0. The van der Waals surface area contributed by atoms with Crippen LogP contribution in [0, 0.1) is 19.3 Å². The summed E-state index contributed by atoms with van der Waals surface area (Å²) in [5.74, 6) is 0.574. The third kappa shape index (κ3) is 5.61. The topological polar surface area (TPSA) is 103 Å². The second-order valence-corrected chi connectivity index (χ2v) is 8.86. The Bertz CT molecular complexity index is 1270. The van der Waals surface area contributed by atoms with Gasteiger partial charge in [-0.05, 0) is 63.6 Å². The largest absolute Gasteiger partial charge is 0.490 e. The van der Waals surface area contributed by atoms with Gasteiger partial charge in [-0.3, -0.25) is 0 Å². The highest BCUT2D eigenvalue weighted by atomic mass is 19.3. The summed E-state index contributed by atoms with van der Waals surface area (Å²) in [6.45, 7) is 6.37. The minimum Gasteiger partial charge on any atom is -0.490 e. The lowest BCUT2D eigenvalue weighted by molar-refractivity contribution is -0.168. The monoisotopic (exact) mass is 484 g/mol. The number of hydrogen-bond acceptors (Lipinski definition) is 7. The van der Waals surface area contributed by atoms with Gasteiger partial charge in [0.1, 0.15) is 29.6 Å². The van der Waals surface area contributed by atoms with Crippen LogP contribution in [0.3, 0.4) is 0 Å². The van der Waals surface area contributed by atoms with Crippen molar-refractivity contribution >= 4 is 22.4 Å². The molecule has 1 aromatic heterocycles. The summed E-state index contributed by atoms with van der Waals surface area (Å²) in [5, 5.41) is 13.9. The number of aliphatic hydroxyl groups is 1. The lowest BCUT2D eigenvalue weighted by Gasteiger charge is -2.30. The van der Waals surface area contributed by atoms with Crippen LogP contribution in [0.2, 0.25) is 0 Å². The van der Waals surface area contributed by atoms with E-state index in [0.717, 1.165) is 13.8 Å². The third-order valence-electron chi connectivity index (χ3n) is 5.57. The minimum absolute atomic E-state index is 0.159. The summed E-state index contributed by atoms with van der Waals surface area (Å²) in [7, 11) is 1.57. The number of aryl methyl sites for hydroxylation is 1. The minimum atomic E-state index is -3.50. The van der Waals surface area contributed by atoms with E-state index in [1.807, 2.05) is 0 Å². The van der Waals surface area contributed by atoms with Crippen molar-refractivity contribution in [3.63, 3.8) is 0 Å². The van der Waals surface area contributed by atoms with Crippen LogP contribution < -0.4 is 15.8 Å². The van der Waals surface area contributed by atoms with Crippen LogP contribution in [0.15, 0.2) is 30.3 Å². The molecule has 35 heavy (non-hydrogen) atoms. The molecule has 2 aromatic carbocycles. The Morgan fingerprint density at radius 1 is 1.17 bits per heavy atom. The molecule has 1 unspecified atom stereocenters. The van der Waals surface area contributed by atoms with Crippen molar-refractivity contribution in [1.82, 2.24) is 9.97 Å². The van der Waals surface area contributed by atoms with Crippen molar-refractivity contribution in [2.75, 3.05) is 31.4 Å². The Kier molecular flexibility index (Phi) is 7.48. The lowest BCUT2D eigenvalue weighted by atomic mass is 9.91. The van der Waals surface area contributed by atoms with E-state index in [2.05, 4.69) is 21.2 Å². The molecule has 0 aliphatic rings. The number of alkyl halides is 2. The normalized spacial score (nSPS) is 12.9. The first-order valence-corrected chi connectivity index (χ1v) is 11.1. The number of halogens is 2. The average Bonchev–Trinajstić information content (AvgIpc) is 2.77. The summed E-state index contributed by atoms with van der Waals surface area (Å²) in [4.78, 5) is 9.00. The Balaban J connectivity index is 2.03. The molecule has 1 atom stereocenters. The number of hydrogen-bond donors (Lipinski definition) is 3. The summed E-state index contributed by atoms with van der Waals surface area (Å²) in [6.07, 6.45) is 5.66. The quantitative estimate of drug-likeness (QED) is 0.232. The van der Waals surface area contributed by atoms with Crippen LogP contribution in [0.5, 0.6) is 5.75 Å². The summed E-state index contributed by atoms with van der Waals surface area (Å²) >= 11 is 0. The van der Waals surface area contributed by atoms with E-state index >= 15 is 0 Å². The van der Waals surface area contributed by atoms with Crippen molar-refractivity contribution < 1.29 is 23.4 Å². The fourth-order valence-corrected chi connectivity index (χ4v) is 3.60. The van der Waals surface area contributed by atoms with Crippen molar-refractivity contribution in [2.24, 2.45) is 0 Å². The Labute approximate surface area is 203 Å². The first kappa shape index (κ1) is 26.1. The molecule has 0 aliphatic carbocycles. The second kappa shape index (κ2) is 10.0. The molecule has 7 nitrogen and oxygen atoms in total. The Hall–Kier alpha value is -3.48. The first-order chi connectivity index (χ1) is 16.4. The summed E-state index contributed by atoms with van der Waals surface area (Å²) in [6, 6.07) is 7.14. The van der Waals surface area contributed by atoms with Gasteiger partial charge in [-0.2, -0.15) is 8.78 Å². The number of terminal acetylenes is 1. The number of nitrogen functional groups attached to an aromatic ring is 1. The number of aromatic nitrogens is 2. The Morgan fingerprint density at radius 2 is 1.89 bits per heavy atom. The van der Waals surface area contributed by atoms with Gasteiger partial charge in [0.15, 0.2) is 0 Å². The van der Waals surface area contributed by atoms with Gasteiger partial charge in [0, 0.05) is 23.7 Å². The zero-order valence-corrected chi connectivity index (χ0v) is 20.4. The van der Waals surface area contributed by atoms with Crippen LogP contribution in [0.4, 0.5) is 20.3 Å². The summed E-state index contributed by atoms with van der Waals surface area (Å²) < 4.78 is 40.5. The smallest absolute Gasteiger partial charge is 0.300 e. The van der Waals surface area contributed by atoms with Crippen LogP contribution in [-0.2, 0) is 10.7 Å². The van der Waals surface area contributed by atoms with Crippen molar-refractivity contribution in [1.29, 1.82) is 0 Å². The molecule has 1 heterocycles. The molecule has 9 heteroatoms. The predicted octanol–water partition coefficient (Wildman–Crippen LogP) is 4.56. The molecular weight excluding hydrogens is 454 g/mol. The number of benzene rings is 2. The fourth-order valence-electron chi connectivity index (χ4n) is 3.60. The molecule has 186 valence electrons. The number of anilines is 2. The van der Waals surface area contributed by atoms with Crippen LogP contribution in [0.1, 0.15) is 49.3 Å². The van der Waals surface area contributed by atoms with Gasteiger partial charge in [-0.25, -0.2) is 9.97 Å². The molecule has 0 radical (unpaired) electrons. The van der Waals surface area contributed by atoms with Crippen LogP contribution >= 0.6 is 0 Å². The van der Waals surface area contributed by atoms with Crippen molar-refractivity contribution in [2.45, 2.75) is 45.3 Å². The first-order valence-electron chi connectivity index (χ1n) is 11.1. The average molecular weight is 485 g/mol. The molecule has 3 rings (SSSR count). The highest BCUT2D eigenvalue weighted by Crippen LogP contribution is 2.40. The SMILES string of the molecule is C#Cc1cc2nc(C)nc(NC(C)c3cc(N)cc(C(F)(F)C(C)(C)O)c3)c2cc1OCCOC. The van der Waals surface area contributed by atoms with E-state index < -0.39 is 17.6 Å². The molecule has 0 fully saturated rings. The van der Waals surface area contributed by atoms with E-state index in [-0.39, 0.29) is 11.3 Å². The van der Waals surface area contributed by atoms with Crippen molar-refractivity contribution in [3.8, 4) is 18.1 Å². The fraction of sp³-hybridized carbons (Fsp3) is 0.385. The highest BCUT2D eigenvalue weighted by molar-refractivity contribution is 5.92. The maximum absolute atomic E-state index is 14.8. The molecule has 0 saturated heterocycles. The van der Waals surface area contributed by atoms with E-state index in [9.17, 15) is 13.9 Å². The standard InChI is InChI=1S/C26H30F2N4O3/c1-7-17-12-22-21(14-23(17)35-9-8-34-6)24(32-16(3)31-22)30-15(2)18-10-19(13-20(29)11-18)26(27,28)25(4,5)33/h1,10-15,33H,8-9,29H2,2-6H3,(H,30,31,32). The molecule has 3 aromatic rings. The number of nitrogens with two attached hydrogens (primary N) is 1. The van der Waals surface area contributed by atoms with Gasteiger partial charge in [0.25, 0.3) is 0 Å². The van der Waals surface area contributed by atoms with Gasteiger partial charge < -0.3 is 25.6 Å². The van der Waals surface area contributed by atoms with E-state index in [0.29, 0.717) is 52.6 Å². The van der Waals surface area contributed by atoms with Crippen LogP contribution in [-0.4, -0.2) is 41.0 Å². The number of rotatable bonds is 9. The number of nitrogens with one attached hydrogen (secondary N) is 1. The number of fused-ring (bicyclic) bond motifs is 1. The molecular formula is C26H30F2N4O3. The van der Waals surface area contributed by atoms with Gasteiger partial charge in [-0.1, -0.05) is 5.92 Å².